The third-order valence-corrected chi connectivity index (χ3v) is 2.36. The molecule has 19 heavy (non-hydrogen) atoms. The molecule has 1 N–H and O–H groups in total. The maximum absolute atomic E-state index is 11.8. The fraction of sp³-hybridized carbons (Fsp3) is 0.462. The van der Waals surface area contributed by atoms with E-state index in [4.69, 9.17) is 14.2 Å². The number of anilines is 1. The van der Waals surface area contributed by atoms with Gasteiger partial charge >= 0.3 is 6.09 Å². The van der Waals surface area contributed by atoms with E-state index in [1.54, 1.807) is 32.9 Å². The molecule has 0 spiro atoms. The lowest BCUT2D eigenvalue weighted by molar-refractivity contribution is 0.0635. The fourth-order valence-corrected chi connectivity index (χ4v) is 1.70. The van der Waals surface area contributed by atoms with Gasteiger partial charge in [-0.3, -0.25) is 5.32 Å². The van der Waals surface area contributed by atoms with Gasteiger partial charge in [0.1, 0.15) is 5.60 Å². The molecule has 1 aromatic carbocycles. The Bertz CT molecular complexity index is 468. The monoisotopic (exact) mass is 285 g/mol. The minimum absolute atomic E-state index is 0.422. The van der Waals surface area contributed by atoms with E-state index in [0.717, 1.165) is 0 Å². The number of amides is 1. The molecule has 0 saturated carbocycles. The molecule has 0 atom stereocenters. The Kier molecular flexibility index (Phi) is 4.94. The zero-order chi connectivity index (χ0) is 14.6. The quantitative estimate of drug-likeness (QED) is 0.836. The van der Waals surface area contributed by atoms with Crippen LogP contribution in [-0.4, -0.2) is 25.9 Å². The molecule has 1 amide bonds. The van der Waals surface area contributed by atoms with Gasteiger partial charge in [0.05, 0.1) is 19.9 Å². The highest BCUT2D eigenvalue weighted by atomic mass is 32.1. The van der Waals surface area contributed by atoms with Gasteiger partial charge in [-0.15, -0.1) is 12.6 Å². The second-order valence-electron chi connectivity index (χ2n) is 4.86. The number of hydrogen-bond acceptors (Lipinski definition) is 5. The first-order valence-corrected chi connectivity index (χ1v) is 6.16. The van der Waals surface area contributed by atoms with Crippen molar-refractivity contribution >= 4 is 24.4 Å². The lowest BCUT2D eigenvalue weighted by Crippen LogP contribution is -2.27. The van der Waals surface area contributed by atoms with E-state index in [1.807, 2.05) is 0 Å². The second kappa shape index (κ2) is 6.06. The molecule has 1 rings (SSSR count). The average Bonchev–Trinajstić information content (AvgIpc) is 2.25. The van der Waals surface area contributed by atoms with Gasteiger partial charge in [-0.1, -0.05) is 0 Å². The Hall–Kier alpha value is -1.56. The third-order valence-electron chi connectivity index (χ3n) is 2.10. The van der Waals surface area contributed by atoms with E-state index in [9.17, 15) is 4.79 Å². The van der Waals surface area contributed by atoms with Crippen LogP contribution in [0.25, 0.3) is 0 Å². The Morgan fingerprint density at radius 1 is 1.21 bits per heavy atom. The predicted octanol–water partition coefficient (Wildman–Crippen LogP) is 3.34. The summed E-state index contributed by atoms with van der Waals surface area (Å²) in [5, 5.41) is 2.62. The van der Waals surface area contributed by atoms with Gasteiger partial charge in [-0.25, -0.2) is 4.79 Å². The van der Waals surface area contributed by atoms with Gasteiger partial charge in [0.15, 0.2) is 11.5 Å². The molecule has 0 heterocycles. The molecule has 0 fully saturated rings. The summed E-state index contributed by atoms with van der Waals surface area (Å²) in [6.45, 7) is 5.37. The Morgan fingerprint density at radius 2 is 1.84 bits per heavy atom. The van der Waals surface area contributed by atoms with Crippen LogP contribution in [0.3, 0.4) is 0 Å². The summed E-state index contributed by atoms with van der Waals surface area (Å²) in [6, 6.07) is 3.36. The predicted molar refractivity (Wildman–Crippen MR) is 76.7 cm³/mol. The van der Waals surface area contributed by atoms with Crippen molar-refractivity contribution in [3.05, 3.63) is 12.1 Å². The molecule has 5 nitrogen and oxygen atoms in total. The number of methoxy groups -OCH3 is 2. The van der Waals surface area contributed by atoms with Gasteiger partial charge in [-0.05, 0) is 32.9 Å². The van der Waals surface area contributed by atoms with Crippen molar-refractivity contribution in [3.63, 3.8) is 0 Å². The molecule has 1 aromatic rings. The summed E-state index contributed by atoms with van der Waals surface area (Å²) < 4.78 is 15.6. The van der Waals surface area contributed by atoms with Crippen molar-refractivity contribution in [2.45, 2.75) is 31.3 Å². The van der Waals surface area contributed by atoms with E-state index in [2.05, 4.69) is 17.9 Å². The van der Waals surface area contributed by atoms with Crippen molar-refractivity contribution in [3.8, 4) is 11.5 Å². The van der Waals surface area contributed by atoms with Gasteiger partial charge in [0.25, 0.3) is 0 Å². The van der Waals surface area contributed by atoms with Crippen LogP contribution in [0.2, 0.25) is 0 Å². The molecule has 0 unspecified atom stereocenters. The summed E-state index contributed by atoms with van der Waals surface area (Å²) in [7, 11) is 3.01. The van der Waals surface area contributed by atoms with Crippen LogP contribution >= 0.6 is 12.6 Å². The largest absolute Gasteiger partial charge is 0.493 e. The SMILES string of the molecule is COc1cc(S)cc(NC(=O)OC(C)(C)C)c1OC. The normalized spacial score (nSPS) is 10.8. The Balaban J connectivity index is 3.00. The number of benzene rings is 1. The van der Waals surface area contributed by atoms with Crippen LogP contribution in [0.4, 0.5) is 10.5 Å². The van der Waals surface area contributed by atoms with Crippen LogP contribution in [0.15, 0.2) is 17.0 Å². The summed E-state index contributed by atoms with van der Waals surface area (Å²) in [5.74, 6) is 0.909. The van der Waals surface area contributed by atoms with Crippen molar-refractivity contribution in [2.75, 3.05) is 19.5 Å². The van der Waals surface area contributed by atoms with Crippen molar-refractivity contribution < 1.29 is 19.0 Å². The summed E-state index contributed by atoms with van der Waals surface area (Å²) in [4.78, 5) is 12.4. The van der Waals surface area contributed by atoms with E-state index in [0.29, 0.717) is 22.1 Å². The molecule has 0 aliphatic rings. The number of carbonyl (C=O) groups is 1. The molecule has 0 aliphatic heterocycles. The number of nitrogens with one attached hydrogen (secondary N) is 1. The number of rotatable bonds is 3. The summed E-state index contributed by atoms with van der Waals surface area (Å²) in [6.07, 6.45) is -0.563. The molecule has 6 heteroatoms. The van der Waals surface area contributed by atoms with Crippen molar-refractivity contribution in [2.24, 2.45) is 0 Å². The van der Waals surface area contributed by atoms with Crippen LogP contribution in [0, 0.1) is 0 Å². The van der Waals surface area contributed by atoms with Gasteiger partial charge in [0, 0.05) is 4.90 Å². The lowest BCUT2D eigenvalue weighted by Gasteiger charge is -2.21. The first-order chi connectivity index (χ1) is 8.76. The molecular formula is C13H19NO4S. The lowest BCUT2D eigenvalue weighted by atomic mass is 10.2. The van der Waals surface area contributed by atoms with E-state index in [1.165, 1.54) is 14.2 Å². The summed E-state index contributed by atoms with van der Waals surface area (Å²) >= 11 is 4.24. The van der Waals surface area contributed by atoms with E-state index < -0.39 is 11.7 Å². The minimum atomic E-state index is -0.569. The maximum atomic E-state index is 11.8. The first kappa shape index (κ1) is 15.5. The Morgan fingerprint density at radius 3 is 2.32 bits per heavy atom. The van der Waals surface area contributed by atoms with Gasteiger partial charge in [0.2, 0.25) is 0 Å². The fourth-order valence-electron chi connectivity index (χ4n) is 1.46. The highest BCUT2D eigenvalue weighted by molar-refractivity contribution is 7.80. The minimum Gasteiger partial charge on any atom is -0.493 e. The summed E-state index contributed by atoms with van der Waals surface area (Å²) in [5.41, 5.74) is -0.124. The standard InChI is InChI=1S/C13H19NO4S/c1-13(2,3)18-12(15)14-9-6-8(19)7-10(16-4)11(9)17-5/h6-7,19H,1-5H3,(H,14,15). The molecule has 0 aromatic heterocycles. The Labute approximate surface area is 118 Å². The zero-order valence-electron chi connectivity index (χ0n) is 11.7. The van der Waals surface area contributed by atoms with Crippen LogP contribution < -0.4 is 14.8 Å². The van der Waals surface area contributed by atoms with Gasteiger partial charge in [-0.2, -0.15) is 0 Å². The number of carbonyl (C=O) groups excluding carboxylic acids is 1. The van der Waals surface area contributed by atoms with Crippen LogP contribution in [0.1, 0.15) is 20.8 Å². The third kappa shape index (κ3) is 4.55. The van der Waals surface area contributed by atoms with Crippen molar-refractivity contribution in [1.29, 1.82) is 0 Å². The first-order valence-electron chi connectivity index (χ1n) is 5.72. The molecule has 0 bridgehead atoms. The highest BCUT2D eigenvalue weighted by Crippen LogP contribution is 2.37. The van der Waals surface area contributed by atoms with Crippen LogP contribution in [0.5, 0.6) is 11.5 Å². The molecule has 0 aliphatic carbocycles. The van der Waals surface area contributed by atoms with Crippen LogP contribution in [-0.2, 0) is 4.74 Å². The number of thiol groups is 1. The highest BCUT2D eigenvalue weighted by Gasteiger charge is 2.19. The number of hydrogen-bond donors (Lipinski definition) is 2. The molecule has 106 valence electrons. The topological polar surface area (TPSA) is 56.8 Å². The molecule has 0 saturated heterocycles. The van der Waals surface area contributed by atoms with Gasteiger partial charge < -0.3 is 14.2 Å². The molecule has 0 radical (unpaired) electrons. The second-order valence-corrected chi connectivity index (χ2v) is 5.37. The molecular weight excluding hydrogens is 266 g/mol. The smallest absolute Gasteiger partial charge is 0.412 e. The van der Waals surface area contributed by atoms with Crippen molar-refractivity contribution in [1.82, 2.24) is 0 Å². The maximum Gasteiger partial charge on any atom is 0.412 e. The zero-order valence-corrected chi connectivity index (χ0v) is 12.6. The average molecular weight is 285 g/mol. The number of ether oxygens (including phenoxy) is 3. The van der Waals surface area contributed by atoms with E-state index in [-0.39, 0.29) is 0 Å². The van der Waals surface area contributed by atoms with E-state index >= 15 is 0 Å².